The number of nitrogen functional groups attached to an aromatic ring is 1. The van der Waals surface area contributed by atoms with Crippen molar-refractivity contribution in [3.63, 3.8) is 0 Å². The van der Waals surface area contributed by atoms with E-state index in [1.165, 1.54) is 6.20 Å². The van der Waals surface area contributed by atoms with Crippen molar-refractivity contribution in [2.24, 2.45) is 0 Å². The lowest BCUT2D eigenvalue weighted by molar-refractivity contribution is 0.391. The summed E-state index contributed by atoms with van der Waals surface area (Å²) in [6.45, 7) is 0.491. The minimum absolute atomic E-state index is 0.142. The van der Waals surface area contributed by atoms with Crippen LogP contribution < -0.4 is 20.5 Å². The summed E-state index contributed by atoms with van der Waals surface area (Å²) < 4.78 is 10.5. The van der Waals surface area contributed by atoms with Crippen LogP contribution in [0.5, 0.6) is 11.5 Å². The van der Waals surface area contributed by atoms with Crippen LogP contribution in [0.3, 0.4) is 0 Å². The van der Waals surface area contributed by atoms with Crippen molar-refractivity contribution in [3.8, 4) is 11.5 Å². The number of rotatable bonds is 5. The second-order valence-electron chi connectivity index (χ2n) is 3.97. The van der Waals surface area contributed by atoms with Gasteiger partial charge in [0, 0.05) is 18.2 Å². The molecule has 0 fully saturated rings. The van der Waals surface area contributed by atoms with Crippen molar-refractivity contribution in [2.75, 3.05) is 25.3 Å². The van der Waals surface area contributed by atoms with E-state index in [4.69, 9.17) is 26.8 Å². The van der Waals surface area contributed by atoms with Gasteiger partial charge in [0.1, 0.15) is 11.5 Å². The summed E-state index contributed by atoms with van der Waals surface area (Å²) in [4.78, 5) is 7.83. The summed E-state index contributed by atoms with van der Waals surface area (Å²) in [6, 6.07) is 5.58. The quantitative estimate of drug-likeness (QED) is 0.824. The van der Waals surface area contributed by atoms with Crippen LogP contribution in [-0.4, -0.2) is 24.2 Å². The average molecular weight is 295 g/mol. The lowest BCUT2D eigenvalue weighted by Gasteiger charge is -2.12. The first-order valence-electron chi connectivity index (χ1n) is 5.87. The van der Waals surface area contributed by atoms with Gasteiger partial charge in [-0.15, -0.1) is 0 Å². The number of nitrogens with one attached hydrogen (secondary N) is 1. The molecule has 0 unspecified atom stereocenters. The summed E-state index contributed by atoms with van der Waals surface area (Å²) in [5.41, 5.74) is 7.15. The van der Waals surface area contributed by atoms with Crippen molar-refractivity contribution in [2.45, 2.75) is 6.54 Å². The highest BCUT2D eigenvalue weighted by atomic mass is 35.5. The fraction of sp³-hybridized carbons (Fsp3) is 0.231. The number of nitrogens with two attached hydrogens (primary N) is 1. The summed E-state index contributed by atoms with van der Waals surface area (Å²) in [7, 11) is 3.21. The number of nitrogens with zero attached hydrogens (tertiary/aromatic N) is 2. The van der Waals surface area contributed by atoms with Gasteiger partial charge in [-0.05, 0) is 23.7 Å². The Hall–Kier alpha value is -2.21. The van der Waals surface area contributed by atoms with Gasteiger partial charge < -0.3 is 20.5 Å². The van der Waals surface area contributed by atoms with Crippen LogP contribution in [0.15, 0.2) is 24.4 Å². The SMILES string of the molecule is COc1ccc(CNc2nc(Cl)ncc2N)c(OC)c1. The lowest BCUT2D eigenvalue weighted by atomic mass is 10.2. The van der Waals surface area contributed by atoms with Crippen molar-refractivity contribution < 1.29 is 9.47 Å². The van der Waals surface area contributed by atoms with Gasteiger partial charge in [-0.25, -0.2) is 4.98 Å². The number of hydrogen-bond acceptors (Lipinski definition) is 6. The second-order valence-corrected chi connectivity index (χ2v) is 4.31. The van der Waals surface area contributed by atoms with Gasteiger partial charge >= 0.3 is 0 Å². The van der Waals surface area contributed by atoms with Crippen molar-refractivity contribution in [1.29, 1.82) is 0 Å². The molecular weight excluding hydrogens is 280 g/mol. The normalized spacial score (nSPS) is 10.2. The molecule has 0 amide bonds. The second kappa shape index (κ2) is 6.29. The molecule has 0 spiro atoms. The third kappa shape index (κ3) is 3.21. The van der Waals surface area contributed by atoms with Crippen LogP contribution in [0, 0.1) is 0 Å². The van der Waals surface area contributed by atoms with Crippen LogP contribution in [0.25, 0.3) is 0 Å². The molecule has 0 radical (unpaired) electrons. The molecule has 2 rings (SSSR count). The van der Waals surface area contributed by atoms with Crippen molar-refractivity contribution in [3.05, 3.63) is 35.2 Å². The van der Waals surface area contributed by atoms with Gasteiger partial charge in [0.15, 0.2) is 5.82 Å². The first-order valence-corrected chi connectivity index (χ1v) is 6.24. The molecule has 0 aliphatic carbocycles. The zero-order valence-electron chi connectivity index (χ0n) is 11.2. The minimum Gasteiger partial charge on any atom is -0.497 e. The number of methoxy groups -OCH3 is 2. The Morgan fingerprint density at radius 3 is 2.80 bits per heavy atom. The highest BCUT2D eigenvalue weighted by Crippen LogP contribution is 2.26. The Balaban J connectivity index is 2.16. The maximum absolute atomic E-state index is 5.77. The number of aromatic nitrogens is 2. The van der Waals surface area contributed by atoms with Crippen LogP contribution in [0.4, 0.5) is 11.5 Å². The van der Waals surface area contributed by atoms with Gasteiger partial charge in [0.25, 0.3) is 0 Å². The van der Waals surface area contributed by atoms with Crippen LogP contribution in [0.1, 0.15) is 5.56 Å². The van der Waals surface area contributed by atoms with Crippen molar-refractivity contribution in [1.82, 2.24) is 9.97 Å². The van der Waals surface area contributed by atoms with E-state index < -0.39 is 0 Å². The maximum atomic E-state index is 5.77. The van der Waals surface area contributed by atoms with E-state index >= 15 is 0 Å². The summed E-state index contributed by atoms with van der Waals surface area (Å²) in [5, 5.41) is 3.24. The first kappa shape index (κ1) is 14.2. The van der Waals surface area contributed by atoms with Crippen molar-refractivity contribution >= 4 is 23.1 Å². The van der Waals surface area contributed by atoms with Gasteiger partial charge in [-0.2, -0.15) is 4.98 Å². The highest BCUT2D eigenvalue weighted by Gasteiger charge is 2.07. The number of ether oxygens (including phenoxy) is 2. The molecular formula is C13H15ClN4O2. The van der Waals surface area contributed by atoms with E-state index in [1.807, 2.05) is 18.2 Å². The molecule has 1 heterocycles. The molecule has 0 saturated carbocycles. The smallest absolute Gasteiger partial charge is 0.224 e. The Morgan fingerprint density at radius 2 is 2.10 bits per heavy atom. The topological polar surface area (TPSA) is 82.3 Å². The molecule has 2 aromatic rings. The lowest BCUT2D eigenvalue weighted by Crippen LogP contribution is -2.06. The molecule has 6 nitrogen and oxygen atoms in total. The Kier molecular flexibility index (Phi) is 4.47. The predicted octanol–water partition coefficient (Wildman–Crippen LogP) is 2.34. The monoisotopic (exact) mass is 294 g/mol. The summed E-state index contributed by atoms with van der Waals surface area (Å²) in [6.07, 6.45) is 1.46. The van der Waals surface area contributed by atoms with E-state index in [9.17, 15) is 0 Å². The fourth-order valence-electron chi connectivity index (χ4n) is 1.69. The molecule has 20 heavy (non-hydrogen) atoms. The summed E-state index contributed by atoms with van der Waals surface area (Å²) >= 11 is 5.74. The maximum Gasteiger partial charge on any atom is 0.224 e. The molecule has 1 aromatic heterocycles. The third-order valence-corrected chi connectivity index (χ3v) is 2.91. The molecule has 106 valence electrons. The minimum atomic E-state index is 0.142. The number of benzene rings is 1. The zero-order valence-corrected chi connectivity index (χ0v) is 11.9. The first-order chi connectivity index (χ1) is 9.63. The summed E-state index contributed by atoms with van der Waals surface area (Å²) in [5.74, 6) is 1.94. The van der Waals surface area contributed by atoms with Crippen LogP contribution in [0.2, 0.25) is 5.28 Å². The molecule has 0 saturated heterocycles. The third-order valence-electron chi connectivity index (χ3n) is 2.73. The van der Waals surface area contributed by atoms with Gasteiger partial charge in [-0.3, -0.25) is 0 Å². The largest absolute Gasteiger partial charge is 0.497 e. The van der Waals surface area contributed by atoms with E-state index in [1.54, 1.807) is 14.2 Å². The molecule has 0 aliphatic rings. The Morgan fingerprint density at radius 1 is 1.30 bits per heavy atom. The van der Waals surface area contributed by atoms with Gasteiger partial charge in [-0.1, -0.05) is 0 Å². The predicted molar refractivity (Wildman–Crippen MR) is 78.3 cm³/mol. The van der Waals surface area contributed by atoms with E-state index in [-0.39, 0.29) is 5.28 Å². The molecule has 1 aromatic carbocycles. The number of anilines is 2. The molecule has 0 atom stereocenters. The zero-order chi connectivity index (χ0) is 14.5. The number of halogens is 1. The molecule has 0 aliphatic heterocycles. The van der Waals surface area contributed by atoms with E-state index in [0.717, 1.165) is 17.1 Å². The highest BCUT2D eigenvalue weighted by molar-refractivity contribution is 6.28. The average Bonchev–Trinajstić information content (AvgIpc) is 2.48. The Bertz CT molecular complexity index is 607. The standard InChI is InChI=1S/C13H15ClN4O2/c1-19-9-4-3-8(11(5-9)20-2)6-16-12-10(15)7-17-13(14)18-12/h3-5,7H,6,15H2,1-2H3,(H,16,17,18). The molecule has 0 bridgehead atoms. The van der Waals surface area contributed by atoms with Gasteiger partial charge in [0.2, 0.25) is 5.28 Å². The molecule has 3 N–H and O–H groups in total. The van der Waals surface area contributed by atoms with E-state index in [0.29, 0.717) is 18.1 Å². The molecule has 7 heteroatoms. The van der Waals surface area contributed by atoms with E-state index in [2.05, 4.69) is 15.3 Å². The Labute approximate surface area is 121 Å². The van der Waals surface area contributed by atoms with Crippen LogP contribution >= 0.6 is 11.6 Å². The number of hydrogen-bond donors (Lipinski definition) is 2. The van der Waals surface area contributed by atoms with Crippen LogP contribution in [-0.2, 0) is 6.54 Å². The fourth-order valence-corrected chi connectivity index (χ4v) is 1.82. The van der Waals surface area contributed by atoms with Gasteiger partial charge in [0.05, 0.1) is 26.1 Å².